The van der Waals surface area contributed by atoms with Crippen LogP contribution in [-0.2, 0) is 4.79 Å². The van der Waals surface area contributed by atoms with E-state index < -0.39 is 5.97 Å². The van der Waals surface area contributed by atoms with E-state index in [0.29, 0.717) is 5.56 Å². The largest absolute Gasteiger partial charge is 0.480 e. The number of rotatable bonds is 4. The number of aromatic nitrogens is 2. The quantitative estimate of drug-likeness (QED) is 0.871. The number of carboxylic acid groups (broad SMARTS) is 1. The normalized spacial score (nSPS) is 15.3. The van der Waals surface area contributed by atoms with Crippen molar-refractivity contribution < 1.29 is 14.7 Å². The van der Waals surface area contributed by atoms with Gasteiger partial charge in [-0.3, -0.25) is 14.7 Å². The molecule has 1 aliphatic rings. The lowest BCUT2D eigenvalue weighted by Crippen LogP contribution is -2.42. The number of fused-ring (bicyclic) bond motifs is 1. The van der Waals surface area contributed by atoms with Crippen LogP contribution in [-0.4, -0.2) is 44.7 Å². The smallest absolute Gasteiger partial charge is 0.323 e. The van der Waals surface area contributed by atoms with Crippen LogP contribution >= 0.6 is 15.9 Å². The van der Waals surface area contributed by atoms with E-state index in [0.717, 1.165) is 41.1 Å². The van der Waals surface area contributed by atoms with Gasteiger partial charge in [0.2, 0.25) is 0 Å². The van der Waals surface area contributed by atoms with Crippen molar-refractivity contribution in [2.75, 3.05) is 6.54 Å². The first-order valence-corrected chi connectivity index (χ1v) is 8.01. The standard InChI is InChI=1S/C15H16BrN3O3/c16-12-6-9(5-10-7-17-18-14(10)12)15(22)19(8-13(20)21)11-3-1-2-4-11/h5-7,11H,1-4,8H2,(H,17,18)(H,20,21). The Morgan fingerprint density at radius 2 is 2.09 bits per heavy atom. The van der Waals surface area contributed by atoms with E-state index >= 15 is 0 Å². The highest BCUT2D eigenvalue weighted by atomic mass is 79.9. The molecule has 0 spiro atoms. The van der Waals surface area contributed by atoms with Crippen molar-refractivity contribution in [2.45, 2.75) is 31.7 Å². The predicted octanol–water partition coefficient (Wildman–Crippen LogP) is 2.79. The minimum absolute atomic E-state index is 0.0161. The number of hydrogen-bond acceptors (Lipinski definition) is 3. The number of carbonyl (C=O) groups excluding carboxylic acids is 1. The average Bonchev–Trinajstić information content (AvgIpc) is 3.14. The second-order valence-corrected chi connectivity index (χ2v) is 6.41. The van der Waals surface area contributed by atoms with Gasteiger partial charge < -0.3 is 10.0 Å². The molecule has 0 radical (unpaired) electrons. The third-order valence-electron chi connectivity index (χ3n) is 4.08. The zero-order valence-electron chi connectivity index (χ0n) is 11.9. The van der Waals surface area contributed by atoms with Crippen molar-refractivity contribution in [3.8, 4) is 0 Å². The molecule has 1 aromatic carbocycles. The first-order valence-electron chi connectivity index (χ1n) is 7.21. The molecule has 6 nitrogen and oxygen atoms in total. The number of carboxylic acids is 1. The summed E-state index contributed by atoms with van der Waals surface area (Å²) in [5.41, 5.74) is 1.30. The first-order chi connectivity index (χ1) is 10.6. The van der Waals surface area contributed by atoms with E-state index in [1.54, 1.807) is 18.3 Å². The summed E-state index contributed by atoms with van der Waals surface area (Å²) in [5.74, 6) is -1.22. The molecule has 1 aromatic heterocycles. The highest BCUT2D eigenvalue weighted by Crippen LogP contribution is 2.28. The maximum atomic E-state index is 12.8. The van der Waals surface area contributed by atoms with Gasteiger partial charge in [0, 0.05) is 21.5 Å². The van der Waals surface area contributed by atoms with Crippen LogP contribution in [0.25, 0.3) is 10.9 Å². The fraction of sp³-hybridized carbons (Fsp3) is 0.400. The second kappa shape index (κ2) is 6.08. The van der Waals surface area contributed by atoms with Crippen LogP contribution in [0.2, 0.25) is 0 Å². The molecular weight excluding hydrogens is 350 g/mol. The number of hydrogen-bond donors (Lipinski definition) is 2. The molecule has 1 saturated carbocycles. The Morgan fingerprint density at radius 1 is 1.36 bits per heavy atom. The molecule has 0 atom stereocenters. The van der Waals surface area contributed by atoms with Crippen molar-refractivity contribution in [1.82, 2.24) is 15.1 Å². The Bertz CT molecular complexity index is 722. The van der Waals surface area contributed by atoms with Crippen molar-refractivity contribution in [3.63, 3.8) is 0 Å². The van der Waals surface area contributed by atoms with Gasteiger partial charge in [-0.1, -0.05) is 12.8 Å². The van der Waals surface area contributed by atoms with E-state index in [-0.39, 0.29) is 18.5 Å². The van der Waals surface area contributed by atoms with Crippen LogP contribution in [0.4, 0.5) is 0 Å². The maximum absolute atomic E-state index is 12.8. The van der Waals surface area contributed by atoms with Crippen LogP contribution in [0.1, 0.15) is 36.0 Å². The Labute approximate surface area is 135 Å². The van der Waals surface area contributed by atoms with E-state index in [1.807, 2.05) is 0 Å². The summed E-state index contributed by atoms with van der Waals surface area (Å²) in [6.07, 6.45) is 5.47. The Hall–Kier alpha value is -1.89. The molecule has 0 bridgehead atoms. The van der Waals surface area contributed by atoms with Gasteiger partial charge in [-0.05, 0) is 40.9 Å². The number of aliphatic carboxylic acids is 1. The van der Waals surface area contributed by atoms with E-state index in [9.17, 15) is 9.59 Å². The van der Waals surface area contributed by atoms with Gasteiger partial charge in [-0.2, -0.15) is 5.10 Å². The number of halogens is 1. The summed E-state index contributed by atoms with van der Waals surface area (Å²) >= 11 is 3.42. The molecule has 0 aliphatic heterocycles. The number of amides is 1. The van der Waals surface area contributed by atoms with Gasteiger partial charge >= 0.3 is 5.97 Å². The average molecular weight is 366 g/mol. The zero-order chi connectivity index (χ0) is 15.7. The third-order valence-corrected chi connectivity index (χ3v) is 4.71. The fourth-order valence-electron chi connectivity index (χ4n) is 3.03. The van der Waals surface area contributed by atoms with Crippen molar-refractivity contribution in [1.29, 1.82) is 0 Å². The Morgan fingerprint density at radius 3 is 2.77 bits per heavy atom. The lowest BCUT2D eigenvalue weighted by molar-refractivity contribution is -0.138. The van der Waals surface area contributed by atoms with Crippen molar-refractivity contribution >= 4 is 38.7 Å². The van der Waals surface area contributed by atoms with Gasteiger partial charge in [0.25, 0.3) is 5.91 Å². The molecule has 7 heteroatoms. The van der Waals surface area contributed by atoms with Crippen LogP contribution < -0.4 is 0 Å². The van der Waals surface area contributed by atoms with E-state index in [1.165, 1.54) is 4.90 Å². The zero-order valence-corrected chi connectivity index (χ0v) is 13.5. The number of benzene rings is 1. The van der Waals surface area contributed by atoms with E-state index in [4.69, 9.17) is 5.11 Å². The van der Waals surface area contributed by atoms with Crippen LogP contribution in [0.3, 0.4) is 0 Å². The van der Waals surface area contributed by atoms with Gasteiger partial charge in [0.05, 0.1) is 11.7 Å². The summed E-state index contributed by atoms with van der Waals surface area (Å²) in [7, 11) is 0. The molecule has 0 saturated heterocycles. The monoisotopic (exact) mass is 365 g/mol. The summed E-state index contributed by atoms with van der Waals surface area (Å²) < 4.78 is 0.743. The molecule has 1 amide bonds. The Kier molecular flexibility index (Phi) is 4.15. The van der Waals surface area contributed by atoms with Crippen molar-refractivity contribution in [2.24, 2.45) is 0 Å². The molecule has 1 aliphatic carbocycles. The summed E-state index contributed by atoms with van der Waals surface area (Å²) in [4.78, 5) is 25.4. The highest BCUT2D eigenvalue weighted by Gasteiger charge is 2.29. The third kappa shape index (κ3) is 2.85. The molecule has 22 heavy (non-hydrogen) atoms. The van der Waals surface area contributed by atoms with Gasteiger partial charge in [0.15, 0.2) is 0 Å². The molecule has 1 fully saturated rings. The molecule has 1 heterocycles. The lowest BCUT2D eigenvalue weighted by atomic mass is 10.1. The number of aromatic amines is 1. The minimum Gasteiger partial charge on any atom is -0.480 e. The molecule has 116 valence electrons. The fourth-order valence-corrected chi connectivity index (χ4v) is 3.60. The first kappa shape index (κ1) is 15.0. The molecule has 2 N–H and O–H groups in total. The summed E-state index contributed by atoms with van der Waals surface area (Å²) in [6.45, 7) is -0.259. The summed E-state index contributed by atoms with van der Waals surface area (Å²) in [5, 5.41) is 16.7. The topological polar surface area (TPSA) is 86.3 Å². The van der Waals surface area contributed by atoms with Gasteiger partial charge in [0.1, 0.15) is 6.54 Å². The highest BCUT2D eigenvalue weighted by molar-refractivity contribution is 9.10. The van der Waals surface area contributed by atoms with E-state index in [2.05, 4.69) is 26.1 Å². The molecular formula is C15H16BrN3O3. The van der Waals surface area contributed by atoms with Crippen molar-refractivity contribution in [3.05, 3.63) is 28.4 Å². The SMILES string of the molecule is O=C(O)CN(C(=O)c1cc(Br)c2[nH]ncc2c1)C1CCCC1. The van der Waals surface area contributed by atoms with Gasteiger partial charge in [-0.25, -0.2) is 0 Å². The number of nitrogens with zero attached hydrogens (tertiary/aromatic N) is 2. The molecule has 0 unspecified atom stereocenters. The molecule has 3 rings (SSSR count). The minimum atomic E-state index is -0.983. The van der Waals surface area contributed by atoms with Gasteiger partial charge in [-0.15, -0.1) is 0 Å². The second-order valence-electron chi connectivity index (χ2n) is 5.56. The Balaban J connectivity index is 1.94. The van der Waals surface area contributed by atoms with Crippen LogP contribution in [0, 0.1) is 0 Å². The molecule has 2 aromatic rings. The number of H-pyrrole nitrogens is 1. The number of carbonyl (C=O) groups is 2. The van der Waals surface area contributed by atoms with Crippen LogP contribution in [0.5, 0.6) is 0 Å². The maximum Gasteiger partial charge on any atom is 0.323 e. The van der Waals surface area contributed by atoms with Crippen LogP contribution in [0.15, 0.2) is 22.8 Å². The number of nitrogens with one attached hydrogen (secondary N) is 1. The predicted molar refractivity (Wildman–Crippen MR) is 84.7 cm³/mol. The lowest BCUT2D eigenvalue weighted by Gasteiger charge is -2.27. The summed E-state index contributed by atoms with van der Waals surface area (Å²) in [6, 6.07) is 3.48.